The number of rotatable bonds is 1. The summed E-state index contributed by atoms with van der Waals surface area (Å²) in [5.41, 5.74) is 0. The summed E-state index contributed by atoms with van der Waals surface area (Å²) < 4.78 is 0. The first kappa shape index (κ1) is 14.6. The molecule has 0 unspecified atom stereocenters. The van der Waals surface area contributed by atoms with Crippen molar-refractivity contribution < 1.29 is 4.79 Å². The lowest BCUT2D eigenvalue weighted by molar-refractivity contribution is 0.210. The smallest absolute Gasteiger partial charge is 0.317 e. The molecule has 0 spiro atoms. The van der Waals surface area contributed by atoms with Gasteiger partial charge in [0.05, 0.1) is 0 Å². The molecular formula is C11H23ClN2O. The van der Waals surface area contributed by atoms with Gasteiger partial charge in [0, 0.05) is 20.1 Å². The molecule has 3 nitrogen and oxygen atoms in total. The zero-order chi connectivity index (χ0) is 10.4. The van der Waals surface area contributed by atoms with E-state index in [4.69, 9.17) is 0 Å². The summed E-state index contributed by atoms with van der Waals surface area (Å²) in [5.74, 6) is 0. The molecule has 0 bridgehead atoms. The van der Waals surface area contributed by atoms with Gasteiger partial charge in [0.15, 0.2) is 0 Å². The minimum atomic E-state index is 0. The number of hydrogen-bond acceptors (Lipinski definition) is 1. The van der Waals surface area contributed by atoms with Gasteiger partial charge in [-0.3, -0.25) is 0 Å². The zero-order valence-corrected chi connectivity index (χ0v) is 10.6. The lowest BCUT2D eigenvalue weighted by Crippen LogP contribution is -2.41. The van der Waals surface area contributed by atoms with Crippen LogP contribution in [0.25, 0.3) is 0 Å². The maximum Gasteiger partial charge on any atom is 0.317 e. The highest BCUT2D eigenvalue weighted by atomic mass is 35.5. The molecule has 1 fully saturated rings. The maximum absolute atomic E-state index is 11.4. The fourth-order valence-corrected chi connectivity index (χ4v) is 1.90. The Balaban J connectivity index is 0.00000196. The lowest BCUT2D eigenvalue weighted by atomic mass is 9.97. The molecule has 1 saturated carbocycles. The van der Waals surface area contributed by atoms with Crippen LogP contribution in [0.2, 0.25) is 0 Å². The van der Waals surface area contributed by atoms with E-state index in [0.717, 1.165) is 12.8 Å². The SMILES string of the molecule is CN(C)C(=O)NC1CCCCCCC1.Cl. The molecule has 1 aliphatic carbocycles. The van der Waals surface area contributed by atoms with Crippen molar-refractivity contribution in [3.05, 3.63) is 0 Å². The summed E-state index contributed by atoms with van der Waals surface area (Å²) in [6.07, 6.45) is 8.85. The van der Waals surface area contributed by atoms with Crippen molar-refractivity contribution in [3.8, 4) is 0 Å². The number of hydrogen-bond donors (Lipinski definition) is 1. The van der Waals surface area contributed by atoms with Gasteiger partial charge in [0.25, 0.3) is 0 Å². The molecule has 2 amide bonds. The Labute approximate surface area is 99.0 Å². The molecule has 0 aromatic rings. The highest BCUT2D eigenvalue weighted by Crippen LogP contribution is 2.17. The summed E-state index contributed by atoms with van der Waals surface area (Å²) in [7, 11) is 3.58. The van der Waals surface area contributed by atoms with E-state index in [1.54, 1.807) is 19.0 Å². The van der Waals surface area contributed by atoms with Crippen LogP contribution in [0.1, 0.15) is 44.9 Å². The second kappa shape index (κ2) is 7.80. The standard InChI is InChI=1S/C11H22N2O.ClH/c1-13(2)11(14)12-10-8-6-4-3-5-7-9-10;/h10H,3-9H2,1-2H3,(H,12,14);1H. The second-order valence-electron chi connectivity index (χ2n) is 4.39. The maximum atomic E-state index is 11.4. The normalized spacial score (nSPS) is 18.3. The third-order valence-corrected chi connectivity index (χ3v) is 2.84. The van der Waals surface area contributed by atoms with E-state index in [0.29, 0.717) is 6.04 Å². The Bertz CT molecular complexity index is 177. The monoisotopic (exact) mass is 234 g/mol. The molecule has 4 heteroatoms. The first-order valence-corrected chi connectivity index (χ1v) is 5.68. The number of nitrogens with one attached hydrogen (secondary N) is 1. The Kier molecular flexibility index (Phi) is 7.57. The molecule has 1 aliphatic rings. The molecule has 0 aliphatic heterocycles. The lowest BCUT2D eigenvalue weighted by Gasteiger charge is -2.23. The van der Waals surface area contributed by atoms with Crippen LogP contribution in [0.3, 0.4) is 0 Å². The van der Waals surface area contributed by atoms with Crippen LogP contribution in [0.4, 0.5) is 4.79 Å². The molecule has 90 valence electrons. The van der Waals surface area contributed by atoms with Crippen molar-refractivity contribution in [1.82, 2.24) is 10.2 Å². The van der Waals surface area contributed by atoms with Crippen molar-refractivity contribution in [1.29, 1.82) is 0 Å². The van der Waals surface area contributed by atoms with E-state index in [1.165, 1.54) is 32.1 Å². The first-order valence-electron chi connectivity index (χ1n) is 5.68. The topological polar surface area (TPSA) is 32.3 Å². The largest absolute Gasteiger partial charge is 0.335 e. The van der Waals surface area contributed by atoms with Crippen molar-refractivity contribution >= 4 is 18.4 Å². The molecule has 1 rings (SSSR count). The van der Waals surface area contributed by atoms with Crippen molar-refractivity contribution in [2.45, 2.75) is 51.0 Å². The highest BCUT2D eigenvalue weighted by molar-refractivity contribution is 5.85. The summed E-state index contributed by atoms with van der Waals surface area (Å²) in [4.78, 5) is 13.0. The molecule has 0 heterocycles. The minimum absolute atomic E-state index is 0. The second-order valence-corrected chi connectivity index (χ2v) is 4.39. The molecule has 1 N–H and O–H groups in total. The Morgan fingerprint density at radius 3 is 2.00 bits per heavy atom. The van der Waals surface area contributed by atoms with Crippen LogP contribution in [0.5, 0.6) is 0 Å². The number of urea groups is 1. The fourth-order valence-electron chi connectivity index (χ4n) is 1.90. The molecule has 0 aromatic heterocycles. The van der Waals surface area contributed by atoms with E-state index in [2.05, 4.69) is 5.32 Å². The van der Waals surface area contributed by atoms with E-state index >= 15 is 0 Å². The highest BCUT2D eigenvalue weighted by Gasteiger charge is 2.14. The van der Waals surface area contributed by atoms with Gasteiger partial charge < -0.3 is 10.2 Å². The van der Waals surface area contributed by atoms with Crippen molar-refractivity contribution in [3.63, 3.8) is 0 Å². The van der Waals surface area contributed by atoms with Gasteiger partial charge in [-0.25, -0.2) is 4.79 Å². The van der Waals surface area contributed by atoms with Crippen LogP contribution < -0.4 is 5.32 Å². The number of carbonyl (C=O) groups is 1. The van der Waals surface area contributed by atoms with E-state index < -0.39 is 0 Å². The van der Waals surface area contributed by atoms with Gasteiger partial charge in [-0.05, 0) is 12.8 Å². The van der Waals surface area contributed by atoms with Crippen molar-refractivity contribution in [2.75, 3.05) is 14.1 Å². The molecular weight excluding hydrogens is 212 g/mol. The summed E-state index contributed by atoms with van der Waals surface area (Å²) in [6, 6.07) is 0.459. The molecule has 0 aromatic carbocycles. The molecule has 0 radical (unpaired) electrons. The molecule has 0 saturated heterocycles. The third-order valence-electron chi connectivity index (χ3n) is 2.84. The Morgan fingerprint density at radius 1 is 1.07 bits per heavy atom. The zero-order valence-electron chi connectivity index (χ0n) is 9.79. The predicted octanol–water partition coefficient (Wildman–Crippen LogP) is 2.79. The van der Waals surface area contributed by atoms with E-state index in [1.807, 2.05) is 0 Å². The van der Waals surface area contributed by atoms with Gasteiger partial charge in [0.2, 0.25) is 0 Å². The van der Waals surface area contributed by atoms with Crippen LogP contribution in [-0.4, -0.2) is 31.1 Å². The summed E-state index contributed by atoms with van der Waals surface area (Å²) in [5, 5.41) is 3.07. The Hall–Kier alpha value is -0.440. The van der Waals surface area contributed by atoms with Gasteiger partial charge in [-0.1, -0.05) is 32.1 Å². The average molecular weight is 235 g/mol. The van der Waals surface area contributed by atoms with E-state index in [-0.39, 0.29) is 18.4 Å². The first-order chi connectivity index (χ1) is 6.70. The molecule has 0 atom stereocenters. The third kappa shape index (κ3) is 5.88. The van der Waals surface area contributed by atoms with Crippen LogP contribution in [-0.2, 0) is 0 Å². The van der Waals surface area contributed by atoms with Crippen LogP contribution in [0, 0.1) is 0 Å². The predicted molar refractivity (Wildman–Crippen MR) is 65.6 cm³/mol. The van der Waals surface area contributed by atoms with Gasteiger partial charge in [-0.15, -0.1) is 12.4 Å². The minimum Gasteiger partial charge on any atom is -0.335 e. The fraction of sp³-hybridized carbons (Fsp3) is 0.909. The van der Waals surface area contributed by atoms with Gasteiger partial charge in [-0.2, -0.15) is 0 Å². The van der Waals surface area contributed by atoms with Crippen molar-refractivity contribution in [2.24, 2.45) is 0 Å². The van der Waals surface area contributed by atoms with Crippen LogP contribution >= 0.6 is 12.4 Å². The van der Waals surface area contributed by atoms with Gasteiger partial charge in [0.1, 0.15) is 0 Å². The Morgan fingerprint density at radius 2 is 1.53 bits per heavy atom. The summed E-state index contributed by atoms with van der Waals surface area (Å²) >= 11 is 0. The quantitative estimate of drug-likeness (QED) is 0.744. The van der Waals surface area contributed by atoms with Gasteiger partial charge >= 0.3 is 6.03 Å². The van der Waals surface area contributed by atoms with E-state index in [9.17, 15) is 4.79 Å². The number of amides is 2. The molecule has 15 heavy (non-hydrogen) atoms. The van der Waals surface area contributed by atoms with Crippen LogP contribution in [0.15, 0.2) is 0 Å². The number of nitrogens with zero attached hydrogens (tertiary/aromatic N) is 1. The number of carbonyl (C=O) groups excluding carboxylic acids is 1. The average Bonchev–Trinajstić information content (AvgIpc) is 2.08. The summed E-state index contributed by atoms with van der Waals surface area (Å²) in [6.45, 7) is 0. The number of halogens is 1.